The molecule has 0 saturated heterocycles. The Morgan fingerprint density at radius 1 is 1.14 bits per heavy atom. The standard InChI is InChI=1S/C10H11F3NO6S2/c1-21(16,17)20-7-6-14(15)22(18,19)9-4-2-8(3-5-9)10(11,12)13/h2-5H,6-7H2,1H3/q-1. The molecule has 126 valence electrons. The molecule has 7 nitrogen and oxygen atoms in total. The molecule has 0 fully saturated rings. The lowest BCUT2D eigenvalue weighted by Crippen LogP contribution is -2.29. The second-order valence-corrected chi connectivity index (χ2v) is 7.55. The largest absolute Gasteiger partial charge is 0.772 e. The number of nitrogens with zero attached hydrogens (tertiary/aromatic N) is 1. The maximum atomic E-state index is 12.4. The lowest BCUT2D eigenvalue weighted by molar-refractivity contribution is -0.137. The van der Waals surface area contributed by atoms with Crippen molar-refractivity contribution in [2.75, 3.05) is 19.4 Å². The molecule has 0 heterocycles. The summed E-state index contributed by atoms with van der Waals surface area (Å²) in [6.07, 6.45) is -3.92. The predicted octanol–water partition coefficient (Wildman–Crippen LogP) is 1.17. The molecule has 0 aliphatic carbocycles. The van der Waals surface area contributed by atoms with Crippen molar-refractivity contribution in [3.8, 4) is 0 Å². The summed E-state index contributed by atoms with van der Waals surface area (Å²) in [6.45, 7) is -1.53. The topological polar surface area (TPSA) is 104 Å². The molecule has 1 aromatic carbocycles. The van der Waals surface area contributed by atoms with E-state index in [0.717, 1.165) is 0 Å². The molecule has 22 heavy (non-hydrogen) atoms. The molecular weight excluding hydrogens is 351 g/mol. The van der Waals surface area contributed by atoms with Gasteiger partial charge in [-0.05, 0) is 24.3 Å². The fourth-order valence-corrected chi connectivity index (χ4v) is 2.72. The van der Waals surface area contributed by atoms with E-state index < -0.39 is 54.4 Å². The van der Waals surface area contributed by atoms with Gasteiger partial charge in [0.25, 0.3) is 10.1 Å². The average Bonchev–Trinajstić information content (AvgIpc) is 2.36. The van der Waals surface area contributed by atoms with Crippen molar-refractivity contribution in [3.63, 3.8) is 0 Å². The van der Waals surface area contributed by atoms with Crippen LogP contribution in [0.15, 0.2) is 29.2 Å². The maximum Gasteiger partial charge on any atom is 0.416 e. The second kappa shape index (κ2) is 6.50. The van der Waals surface area contributed by atoms with Gasteiger partial charge in [-0.1, -0.05) is 0 Å². The Hall–Kier alpha value is -1.21. The van der Waals surface area contributed by atoms with Crippen molar-refractivity contribution in [2.24, 2.45) is 0 Å². The molecule has 0 radical (unpaired) electrons. The van der Waals surface area contributed by atoms with Crippen LogP contribution in [0.1, 0.15) is 5.56 Å². The van der Waals surface area contributed by atoms with Crippen molar-refractivity contribution in [2.45, 2.75) is 11.1 Å². The van der Waals surface area contributed by atoms with Crippen LogP contribution >= 0.6 is 0 Å². The third-order valence-electron chi connectivity index (χ3n) is 2.32. The first-order valence-electron chi connectivity index (χ1n) is 5.55. The molecule has 0 unspecified atom stereocenters. The SMILES string of the molecule is CS(=O)(=O)OCCN([O-])S(=O)(=O)c1ccc(C(F)(F)F)cc1. The highest BCUT2D eigenvalue weighted by Gasteiger charge is 2.30. The molecule has 1 aromatic rings. The highest BCUT2D eigenvalue weighted by atomic mass is 32.2. The zero-order valence-corrected chi connectivity index (χ0v) is 12.7. The fraction of sp³-hybridized carbons (Fsp3) is 0.400. The number of hydrogen-bond acceptors (Lipinski definition) is 6. The molecule has 0 aliphatic rings. The first kappa shape index (κ1) is 18.8. The smallest absolute Gasteiger partial charge is 0.416 e. The lowest BCUT2D eigenvalue weighted by Gasteiger charge is -2.26. The molecule has 0 bridgehead atoms. The Kier molecular flexibility index (Phi) is 5.56. The minimum atomic E-state index is -4.64. The molecule has 0 aromatic heterocycles. The quantitative estimate of drug-likeness (QED) is 0.556. The fourth-order valence-electron chi connectivity index (χ4n) is 1.32. The summed E-state index contributed by atoms with van der Waals surface area (Å²) in [7, 11) is -8.42. The van der Waals surface area contributed by atoms with E-state index in [1.165, 1.54) is 0 Å². The number of alkyl halides is 3. The highest BCUT2D eigenvalue weighted by molar-refractivity contribution is 7.89. The summed E-state index contributed by atoms with van der Waals surface area (Å²) >= 11 is 0. The molecule has 0 spiro atoms. The predicted molar refractivity (Wildman–Crippen MR) is 69.5 cm³/mol. The third-order valence-corrected chi connectivity index (χ3v) is 4.50. The van der Waals surface area contributed by atoms with Gasteiger partial charge >= 0.3 is 6.18 Å². The van der Waals surface area contributed by atoms with Crippen LogP contribution in [0.25, 0.3) is 0 Å². The van der Waals surface area contributed by atoms with Gasteiger partial charge in [-0.15, -0.1) is 0 Å². The van der Waals surface area contributed by atoms with Gasteiger partial charge in [0.2, 0.25) is 10.0 Å². The lowest BCUT2D eigenvalue weighted by atomic mass is 10.2. The Morgan fingerprint density at radius 3 is 2.05 bits per heavy atom. The van der Waals surface area contributed by atoms with Crippen molar-refractivity contribution < 1.29 is 34.2 Å². The van der Waals surface area contributed by atoms with E-state index in [0.29, 0.717) is 30.5 Å². The van der Waals surface area contributed by atoms with Crippen LogP contribution in [0.4, 0.5) is 13.2 Å². The zero-order valence-electron chi connectivity index (χ0n) is 11.1. The molecule has 0 aliphatic heterocycles. The van der Waals surface area contributed by atoms with Gasteiger partial charge in [0, 0.05) is 6.54 Å². The van der Waals surface area contributed by atoms with Crippen LogP contribution in [0.3, 0.4) is 0 Å². The summed E-state index contributed by atoms with van der Waals surface area (Å²) < 4.78 is 85.7. The van der Waals surface area contributed by atoms with Crippen LogP contribution in [0.2, 0.25) is 0 Å². The van der Waals surface area contributed by atoms with Gasteiger partial charge < -0.3 is 5.21 Å². The number of rotatable bonds is 6. The molecule has 0 atom stereocenters. The maximum absolute atomic E-state index is 12.4. The third kappa shape index (κ3) is 5.21. The number of hydrogen-bond donors (Lipinski definition) is 0. The van der Waals surface area contributed by atoms with Gasteiger partial charge in [-0.25, -0.2) is 8.42 Å². The summed E-state index contributed by atoms with van der Waals surface area (Å²) in [5.41, 5.74) is -1.07. The number of halogens is 3. The van der Waals surface area contributed by atoms with Gasteiger partial charge in [0.05, 0.1) is 23.3 Å². The van der Waals surface area contributed by atoms with Gasteiger partial charge in [0.15, 0.2) is 0 Å². The molecule has 12 heteroatoms. The Labute approximate surface area is 125 Å². The Balaban J connectivity index is 2.85. The van der Waals surface area contributed by atoms with Crippen LogP contribution < -0.4 is 0 Å². The van der Waals surface area contributed by atoms with Gasteiger partial charge in [-0.2, -0.15) is 21.6 Å². The van der Waals surface area contributed by atoms with Crippen LogP contribution in [-0.2, 0) is 30.5 Å². The van der Waals surface area contributed by atoms with E-state index in [2.05, 4.69) is 4.18 Å². The summed E-state index contributed by atoms with van der Waals surface area (Å²) in [5.74, 6) is 0. The molecular formula is C10H11F3NO6S2-. The van der Waals surface area contributed by atoms with Crippen LogP contribution in [0, 0.1) is 5.21 Å². The molecule has 1 rings (SSSR count). The van der Waals surface area contributed by atoms with Crippen molar-refractivity contribution in [1.82, 2.24) is 4.47 Å². The Morgan fingerprint density at radius 2 is 1.64 bits per heavy atom. The van der Waals surface area contributed by atoms with E-state index in [1.807, 2.05) is 0 Å². The number of sulfonamides is 1. The second-order valence-electron chi connectivity index (χ2n) is 4.08. The van der Waals surface area contributed by atoms with Crippen molar-refractivity contribution in [3.05, 3.63) is 35.0 Å². The number of hydroxylamine groups is 1. The molecule has 0 amide bonds. The summed E-state index contributed by atoms with van der Waals surface area (Å²) in [4.78, 5) is -0.644. The molecule has 0 N–H and O–H groups in total. The van der Waals surface area contributed by atoms with Crippen molar-refractivity contribution >= 4 is 20.1 Å². The normalized spacial score (nSPS) is 13.5. The summed E-state index contributed by atoms with van der Waals surface area (Å²) in [5, 5.41) is 11.5. The first-order valence-corrected chi connectivity index (χ1v) is 8.81. The highest BCUT2D eigenvalue weighted by Crippen LogP contribution is 2.30. The van der Waals surface area contributed by atoms with E-state index in [-0.39, 0.29) is 0 Å². The zero-order chi connectivity index (χ0) is 17.2. The molecule has 0 saturated carbocycles. The van der Waals surface area contributed by atoms with Gasteiger partial charge in [0.1, 0.15) is 0 Å². The van der Waals surface area contributed by atoms with E-state index in [1.54, 1.807) is 0 Å². The average molecular weight is 362 g/mol. The van der Waals surface area contributed by atoms with E-state index >= 15 is 0 Å². The number of benzene rings is 1. The van der Waals surface area contributed by atoms with Crippen LogP contribution in [0.5, 0.6) is 0 Å². The van der Waals surface area contributed by atoms with Gasteiger partial charge in [-0.3, -0.25) is 8.65 Å². The minimum Gasteiger partial charge on any atom is -0.772 e. The monoisotopic (exact) mass is 362 g/mol. The van der Waals surface area contributed by atoms with Crippen molar-refractivity contribution in [1.29, 1.82) is 0 Å². The first-order chi connectivity index (χ1) is 9.84. The van der Waals surface area contributed by atoms with E-state index in [4.69, 9.17) is 0 Å². The van der Waals surface area contributed by atoms with E-state index in [9.17, 15) is 35.2 Å². The Bertz CT molecular complexity index is 712. The van der Waals surface area contributed by atoms with Crippen LogP contribution in [-0.4, -0.2) is 40.7 Å². The minimum absolute atomic E-state index is 0.458. The summed E-state index contributed by atoms with van der Waals surface area (Å²) in [6, 6.07) is 2.32.